The number of rotatable bonds is 8. The normalized spacial score (nSPS) is 13.7. The van der Waals surface area contributed by atoms with E-state index in [0.717, 1.165) is 31.4 Å². The molecule has 3 N–H and O–H groups in total. The minimum atomic E-state index is 0.130. The monoisotopic (exact) mass is 348 g/mol. The topological polar surface area (TPSA) is 57.7 Å². The Bertz CT molecular complexity index is 517. The van der Waals surface area contributed by atoms with Crippen LogP contribution in [0.15, 0.2) is 29.3 Å². The number of benzene rings is 1. The van der Waals surface area contributed by atoms with Crippen molar-refractivity contribution >= 4 is 5.96 Å². The van der Waals surface area contributed by atoms with E-state index in [-0.39, 0.29) is 11.6 Å². The van der Waals surface area contributed by atoms with Crippen LogP contribution in [-0.2, 0) is 0 Å². The Kier molecular flexibility index (Phi) is 8.76. The molecule has 0 heterocycles. The van der Waals surface area contributed by atoms with E-state index >= 15 is 0 Å². The van der Waals surface area contributed by atoms with Crippen molar-refractivity contribution in [2.24, 2.45) is 10.9 Å². The molecule has 1 atom stereocenters. The summed E-state index contributed by atoms with van der Waals surface area (Å²) in [6.45, 7) is 15.4. The quantitative estimate of drug-likeness (QED) is 0.383. The highest BCUT2D eigenvalue weighted by Gasteiger charge is 2.10. The van der Waals surface area contributed by atoms with Crippen LogP contribution in [-0.4, -0.2) is 38.2 Å². The van der Waals surface area contributed by atoms with Gasteiger partial charge in [-0.3, -0.25) is 4.99 Å². The zero-order valence-electron chi connectivity index (χ0n) is 16.9. The van der Waals surface area contributed by atoms with Crippen LogP contribution >= 0.6 is 0 Å². The molecule has 1 aromatic carbocycles. The van der Waals surface area contributed by atoms with Gasteiger partial charge in [-0.25, -0.2) is 0 Å². The van der Waals surface area contributed by atoms with E-state index in [9.17, 15) is 0 Å². The van der Waals surface area contributed by atoms with E-state index in [1.807, 2.05) is 12.1 Å². The van der Waals surface area contributed by atoms with Gasteiger partial charge in [0.15, 0.2) is 5.96 Å². The van der Waals surface area contributed by atoms with Crippen molar-refractivity contribution in [2.75, 3.05) is 26.7 Å². The molecule has 0 amide bonds. The van der Waals surface area contributed by atoms with Crippen LogP contribution < -0.4 is 20.7 Å². The maximum atomic E-state index is 5.73. The summed E-state index contributed by atoms with van der Waals surface area (Å²) in [7, 11) is 1.79. The Balaban J connectivity index is 2.45. The third kappa shape index (κ3) is 9.34. The molecule has 0 saturated heterocycles. The van der Waals surface area contributed by atoms with Gasteiger partial charge in [-0.15, -0.1) is 0 Å². The predicted octanol–water partition coefficient (Wildman–Crippen LogP) is 3.34. The Morgan fingerprint density at radius 2 is 1.72 bits per heavy atom. The second kappa shape index (κ2) is 10.3. The summed E-state index contributed by atoms with van der Waals surface area (Å²) >= 11 is 0. The smallest absolute Gasteiger partial charge is 0.191 e. The molecule has 1 unspecified atom stereocenters. The van der Waals surface area contributed by atoms with Crippen molar-refractivity contribution in [1.29, 1.82) is 0 Å². The highest BCUT2D eigenvalue weighted by atomic mass is 16.5. The zero-order valence-corrected chi connectivity index (χ0v) is 16.9. The maximum Gasteiger partial charge on any atom is 0.191 e. The zero-order chi connectivity index (χ0) is 18.9. The van der Waals surface area contributed by atoms with Crippen LogP contribution in [0.1, 0.15) is 53.1 Å². The van der Waals surface area contributed by atoms with Gasteiger partial charge in [-0.1, -0.05) is 26.0 Å². The van der Waals surface area contributed by atoms with Crippen LogP contribution in [0.5, 0.6) is 5.75 Å². The molecule has 0 fully saturated rings. The van der Waals surface area contributed by atoms with Crippen molar-refractivity contribution in [3.8, 4) is 5.75 Å². The molecule has 0 radical (unpaired) electrons. The number of hydrogen-bond acceptors (Lipinski definition) is 3. The van der Waals surface area contributed by atoms with Gasteiger partial charge in [0.1, 0.15) is 5.75 Å². The number of nitrogens with one attached hydrogen (secondary N) is 3. The van der Waals surface area contributed by atoms with Crippen LogP contribution in [0.4, 0.5) is 0 Å². The summed E-state index contributed by atoms with van der Waals surface area (Å²) in [5, 5.41) is 10.2. The lowest BCUT2D eigenvalue weighted by Crippen LogP contribution is -2.45. The molecule has 0 saturated carbocycles. The summed E-state index contributed by atoms with van der Waals surface area (Å²) < 4.78 is 5.73. The Labute approximate surface area is 153 Å². The van der Waals surface area contributed by atoms with Gasteiger partial charge < -0.3 is 20.7 Å². The fraction of sp³-hybridized carbons (Fsp3) is 0.650. The van der Waals surface area contributed by atoms with Crippen LogP contribution in [0.3, 0.4) is 0 Å². The largest absolute Gasteiger partial charge is 0.493 e. The van der Waals surface area contributed by atoms with Gasteiger partial charge in [-0.2, -0.15) is 0 Å². The van der Waals surface area contributed by atoms with E-state index in [1.54, 1.807) is 7.05 Å². The average Bonchev–Trinajstić information content (AvgIpc) is 2.55. The van der Waals surface area contributed by atoms with Crippen molar-refractivity contribution in [3.05, 3.63) is 29.8 Å². The summed E-state index contributed by atoms with van der Waals surface area (Å²) in [6.07, 6.45) is 0. The number of nitrogens with zero attached hydrogens (tertiary/aromatic N) is 1. The Morgan fingerprint density at radius 1 is 1.08 bits per heavy atom. The van der Waals surface area contributed by atoms with E-state index in [0.29, 0.717) is 5.92 Å². The number of guanidine groups is 1. The second-order valence-electron chi connectivity index (χ2n) is 7.82. The van der Waals surface area contributed by atoms with E-state index in [2.05, 4.69) is 74.6 Å². The molecule has 0 aliphatic rings. The first-order valence-corrected chi connectivity index (χ1v) is 9.16. The van der Waals surface area contributed by atoms with Gasteiger partial charge in [0.05, 0.1) is 12.6 Å². The van der Waals surface area contributed by atoms with Crippen molar-refractivity contribution in [3.63, 3.8) is 0 Å². The van der Waals surface area contributed by atoms with Gasteiger partial charge >= 0.3 is 0 Å². The number of aliphatic imine (C=N–C) groups is 1. The SMILES string of the molecule is CN=C(NCCNC(C)(C)C)NC(C)c1ccc(OCC(C)C)cc1. The highest BCUT2D eigenvalue weighted by molar-refractivity contribution is 5.80. The molecular formula is C20H36N4O. The minimum Gasteiger partial charge on any atom is -0.493 e. The first-order valence-electron chi connectivity index (χ1n) is 9.16. The Morgan fingerprint density at radius 3 is 2.24 bits per heavy atom. The fourth-order valence-corrected chi connectivity index (χ4v) is 2.22. The molecule has 1 aromatic rings. The number of hydrogen-bond donors (Lipinski definition) is 3. The third-order valence-electron chi connectivity index (χ3n) is 3.61. The average molecular weight is 349 g/mol. The predicted molar refractivity (Wildman–Crippen MR) is 107 cm³/mol. The maximum absolute atomic E-state index is 5.73. The first-order chi connectivity index (χ1) is 11.7. The summed E-state index contributed by atoms with van der Waals surface area (Å²) in [5.74, 6) is 2.26. The molecule has 0 aromatic heterocycles. The summed E-state index contributed by atoms with van der Waals surface area (Å²) in [5.41, 5.74) is 1.33. The second-order valence-corrected chi connectivity index (χ2v) is 7.82. The molecule has 0 bridgehead atoms. The first kappa shape index (κ1) is 21.3. The van der Waals surface area contributed by atoms with Crippen molar-refractivity contribution in [1.82, 2.24) is 16.0 Å². The molecular weight excluding hydrogens is 312 g/mol. The van der Waals surface area contributed by atoms with Crippen molar-refractivity contribution in [2.45, 2.75) is 53.1 Å². The third-order valence-corrected chi connectivity index (χ3v) is 3.61. The molecule has 0 aliphatic carbocycles. The lowest BCUT2D eigenvalue weighted by molar-refractivity contribution is 0.271. The van der Waals surface area contributed by atoms with Gasteiger partial charge in [0.2, 0.25) is 0 Å². The summed E-state index contributed by atoms with van der Waals surface area (Å²) in [6, 6.07) is 8.42. The van der Waals surface area contributed by atoms with Gasteiger partial charge in [0.25, 0.3) is 0 Å². The van der Waals surface area contributed by atoms with Crippen molar-refractivity contribution < 1.29 is 4.74 Å². The highest BCUT2D eigenvalue weighted by Crippen LogP contribution is 2.18. The molecule has 5 heteroatoms. The van der Waals surface area contributed by atoms with E-state index in [1.165, 1.54) is 5.56 Å². The van der Waals surface area contributed by atoms with E-state index < -0.39 is 0 Å². The molecule has 1 rings (SSSR count). The lowest BCUT2D eigenvalue weighted by Gasteiger charge is -2.22. The van der Waals surface area contributed by atoms with Gasteiger partial charge in [0, 0.05) is 25.7 Å². The lowest BCUT2D eigenvalue weighted by atomic mass is 10.1. The number of ether oxygens (including phenoxy) is 1. The molecule has 0 aliphatic heterocycles. The Hall–Kier alpha value is -1.75. The fourth-order valence-electron chi connectivity index (χ4n) is 2.22. The molecule has 0 spiro atoms. The summed E-state index contributed by atoms with van der Waals surface area (Å²) in [4.78, 5) is 4.30. The van der Waals surface area contributed by atoms with Gasteiger partial charge in [-0.05, 0) is 51.3 Å². The van der Waals surface area contributed by atoms with Crippen LogP contribution in [0, 0.1) is 5.92 Å². The molecule has 142 valence electrons. The standard InChI is InChI=1S/C20H36N4O/c1-15(2)14-25-18-10-8-17(9-11-18)16(3)24-19(21-7)22-12-13-23-20(4,5)6/h8-11,15-16,23H,12-14H2,1-7H3,(H2,21,22,24). The minimum absolute atomic E-state index is 0.130. The van der Waals surface area contributed by atoms with Crippen LogP contribution in [0.2, 0.25) is 0 Å². The van der Waals surface area contributed by atoms with E-state index in [4.69, 9.17) is 4.74 Å². The van der Waals surface area contributed by atoms with Crippen LogP contribution in [0.25, 0.3) is 0 Å². The molecule has 5 nitrogen and oxygen atoms in total. The molecule has 25 heavy (non-hydrogen) atoms.